The van der Waals surface area contributed by atoms with E-state index in [1.54, 1.807) is 0 Å². The van der Waals surface area contributed by atoms with E-state index in [4.69, 9.17) is 0 Å². The maximum absolute atomic E-state index is 11.2. The normalized spacial score (nSPS) is 30.0. The Kier molecular flexibility index (Phi) is 2.13. The molecule has 0 radical (unpaired) electrons. The van der Waals surface area contributed by atoms with Crippen LogP contribution in [0.4, 0.5) is 0 Å². The van der Waals surface area contributed by atoms with E-state index in [1.165, 1.54) is 24.0 Å². The molecule has 1 aromatic rings. The van der Waals surface area contributed by atoms with Crippen LogP contribution in [-0.2, 0) is 4.79 Å². The molecule has 0 aliphatic heterocycles. The lowest BCUT2D eigenvalue weighted by atomic mass is 10.00. The first-order valence-electron chi connectivity index (χ1n) is 6.34. The fourth-order valence-electron chi connectivity index (χ4n) is 3.14. The van der Waals surface area contributed by atoms with E-state index in [1.807, 2.05) is 0 Å². The second kappa shape index (κ2) is 3.34. The lowest BCUT2D eigenvalue weighted by Crippen LogP contribution is -2.03. The van der Waals surface area contributed by atoms with Gasteiger partial charge in [-0.3, -0.25) is 4.79 Å². The third kappa shape index (κ3) is 1.67. The monoisotopic (exact) mass is 230 g/mol. The third-order valence-electron chi connectivity index (χ3n) is 4.41. The summed E-state index contributed by atoms with van der Waals surface area (Å²) in [6.45, 7) is 4.11. The zero-order chi connectivity index (χ0) is 12.2. The lowest BCUT2D eigenvalue weighted by molar-refractivity contribution is -0.139. The van der Waals surface area contributed by atoms with Crippen LogP contribution in [0.5, 0.6) is 0 Å². The molecule has 2 saturated carbocycles. The summed E-state index contributed by atoms with van der Waals surface area (Å²) in [5.41, 5.74) is 2.52. The van der Waals surface area contributed by atoms with E-state index in [-0.39, 0.29) is 17.3 Å². The van der Waals surface area contributed by atoms with Crippen LogP contribution >= 0.6 is 0 Å². The van der Waals surface area contributed by atoms with Crippen LogP contribution in [0.2, 0.25) is 0 Å². The van der Waals surface area contributed by atoms with Gasteiger partial charge in [0.1, 0.15) is 0 Å². The van der Waals surface area contributed by atoms with Gasteiger partial charge in [-0.15, -0.1) is 0 Å². The maximum atomic E-state index is 11.2. The predicted octanol–water partition coefficient (Wildman–Crippen LogP) is 3.39. The van der Waals surface area contributed by atoms with Crippen LogP contribution in [0.3, 0.4) is 0 Å². The average Bonchev–Trinajstić information content (AvgIpc) is 3.13. The Hall–Kier alpha value is -1.31. The van der Waals surface area contributed by atoms with Gasteiger partial charge in [0.05, 0.1) is 5.92 Å². The van der Waals surface area contributed by atoms with Gasteiger partial charge in [0.2, 0.25) is 0 Å². The van der Waals surface area contributed by atoms with Gasteiger partial charge in [-0.1, -0.05) is 38.1 Å². The Morgan fingerprint density at radius 3 is 2.47 bits per heavy atom. The first kappa shape index (κ1) is 10.8. The van der Waals surface area contributed by atoms with Crippen molar-refractivity contribution in [2.45, 2.75) is 38.5 Å². The Bertz CT molecular complexity index is 472. The maximum Gasteiger partial charge on any atom is 0.307 e. The summed E-state index contributed by atoms with van der Waals surface area (Å²) in [6, 6.07) is 8.57. The van der Waals surface area contributed by atoms with E-state index in [2.05, 4.69) is 38.1 Å². The summed E-state index contributed by atoms with van der Waals surface area (Å²) < 4.78 is 0. The number of rotatable bonds is 3. The molecule has 2 aliphatic rings. The molecule has 1 aromatic carbocycles. The van der Waals surface area contributed by atoms with Crippen molar-refractivity contribution in [1.29, 1.82) is 0 Å². The van der Waals surface area contributed by atoms with Gasteiger partial charge >= 0.3 is 5.97 Å². The largest absolute Gasteiger partial charge is 0.481 e. The smallest absolute Gasteiger partial charge is 0.307 e. The highest BCUT2D eigenvalue weighted by molar-refractivity contribution is 5.77. The highest BCUT2D eigenvalue weighted by Gasteiger charge is 2.62. The predicted molar refractivity (Wildman–Crippen MR) is 66.1 cm³/mol. The minimum absolute atomic E-state index is 0.0893. The summed E-state index contributed by atoms with van der Waals surface area (Å²) in [5, 5.41) is 9.21. The zero-order valence-electron chi connectivity index (χ0n) is 10.3. The quantitative estimate of drug-likeness (QED) is 0.864. The van der Waals surface area contributed by atoms with Gasteiger partial charge in [0.15, 0.2) is 0 Å². The van der Waals surface area contributed by atoms with Gasteiger partial charge in [-0.2, -0.15) is 0 Å². The van der Waals surface area contributed by atoms with Crippen molar-refractivity contribution in [3.63, 3.8) is 0 Å². The summed E-state index contributed by atoms with van der Waals surface area (Å²) in [6.07, 6.45) is 2.58. The van der Waals surface area contributed by atoms with Crippen LogP contribution in [0.1, 0.15) is 49.7 Å². The number of carboxylic acids is 1. The van der Waals surface area contributed by atoms with E-state index in [9.17, 15) is 9.90 Å². The minimum atomic E-state index is -0.656. The van der Waals surface area contributed by atoms with Gasteiger partial charge in [0.25, 0.3) is 0 Å². The number of benzene rings is 1. The van der Waals surface area contributed by atoms with E-state index < -0.39 is 5.97 Å². The second-order valence-electron chi connectivity index (χ2n) is 6.06. The molecule has 3 rings (SSSR count). The fraction of sp³-hybridized carbons (Fsp3) is 0.533. The molecular weight excluding hydrogens is 212 g/mol. The van der Waals surface area contributed by atoms with E-state index in [0.29, 0.717) is 0 Å². The molecule has 0 amide bonds. The number of hydrogen-bond acceptors (Lipinski definition) is 1. The molecule has 0 saturated heterocycles. The molecule has 0 spiro atoms. The van der Waals surface area contributed by atoms with Gasteiger partial charge < -0.3 is 5.11 Å². The van der Waals surface area contributed by atoms with E-state index >= 15 is 0 Å². The number of carbonyl (C=O) groups is 1. The molecule has 1 N–H and O–H groups in total. The molecule has 2 aliphatic carbocycles. The molecule has 17 heavy (non-hydrogen) atoms. The van der Waals surface area contributed by atoms with Gasteiger partial charge in [-0.25, -0.2) is 0 Å². The van der Waals surface area contributed by atoms with Crippen molar-refractivity contribution < 1.29 is 9.90 Å². The Morgan fingerprint density at radius 1 is 1.29 bits per heavy atom. The van der Waals surface area contributed by atoms with Crippen molar-refractivity contribution >= 4 is 5.97 Å². The first-order valence-corrected chi connectivity index (χ1v) is 6.34. The minimum Gasteiger partial charge on any atom is -0.481 e. The van der Waals surface area contributed by atoms with Gasteiger partial charge in [0, 0.05) is 5.92 Å². The standard InChI is InChI=1S/C15H18O2/c1-15(2)12(13(15)14(16)17)11-5-3-4-10(8-11)9-6-7-9/h3-5,8-9,12-13H,6-7H2,1-2H3,(H,16,17). The molecule has 2 heteroatoms. The highest BCUT2D eigenvalue weighted by atomic mass is 16.4. The first-order chi connectivity index (χ1) is 8.01. The van der Waals surface area contributed by atoms with Crippen LogP contribution in [0.25, 0.3) is 0 Å². The average molecular weight is 230 g/mol. The molecule has 2 fully saturated rings. The molecule has 2 nitrogen and oxygen atoms in total. The van der Waals surface area contributed by atoms with Crippen molar-refractivity contribution in [2.75, 3.05) is 0 Å². The number of carboxylic acid groups (broad SMARTS) is 1. The highest BCUT2D eigenvalue weighted by Crippen LogP contribution is 2.64. The van der Waals surface area contributed by atoms with Gasteiger partial charge in [-0.05, 0) is 35.3 Å². The Labute approximate surface area is 102 Å². The van der Waals surface area contributed by atoms with E-state index in [0.717, 1.165) is 5.92 Å². The van der Waals surface area contributed by atoms with Crippen LogP contribution in [0, 0.1) is 11.3 Å². The summed E-state index contributed by atoms with van der Waals surface area (Å²) in [4.78, 5) is 11.2. The third-order valence-corrected chi connectivity index (χ3v) is 4.41. The van der Waals surface area contributed by atoms with Crippen LogP contribution < -0.4 is 0 Å². The van der Waals surface area contributed by atoms with Crippen LogP contribution in [0.15, 0.2) is 24.3 Å². The molecule has 2 atom stereocenters. The van der Waals surface area contributed by atoms with Crippen molar-refractivity contribution in [2.24, 2.45) is 11.3 Å². The number of aliphatic carboxylic acids is 1. The molecule has 90 valence electrons. The molecule has 0 aromatic heterocycles. The number of hydrogen-bond donors (Lipinski definition) is 1. The molecular formula is C15H18O2. The van der Waals surface area contributed by atoms with Crippen LogP contribution in [-0.4, -0.2) is 11.1 Å². The van der Waals surface area contributed by atoms with Crippen molar-refractivity contribution in [3.8, 4) is 0 Å². The molecule has 0 bridgehead atoms. The zero-order valence-corrected chi connectivity index (χ0v) is 10.3. The summed E-state index contributed by atoms with van der Waals surface area (Å²) >= 11 is 0. The lowest BCUT2D eigenvalue weighted by Gasteiger charge is -2.05. The summed E-state index contributed by atoms with van der Waals surface area (Å²) in [5.74, 6) is 0.0626. The SMILES string of the molecule is CC1(C)C(C(=O)O)C1c1cccc(C2CC2)c1. The fourth-order valence-corrected chi connectivity index (χ4v) is 3.14. The molecule has 0 heterocycles. The Morgan fingerprint density at radius 2 is 1.94 bits per heavy atom. The van der Waals surface area contributed by atoms with Crippen molar-refractivity contribution in [3.05, 3.63) is 35.4 Å². The molecule has 2 unspecified atom stereocenters. The summed E-state index contributed by atoms with van der Waals surface area (Å²) in [7, 11) is 0. The Balaban J connectivity index is 1.90. The second-order valence-corrected chi connectivity index (χ2v) is 6.06. The topological polar surface area (TPSA) is 37.3 Å². The van der Waals surface area contributed by atoms with Crippen molar-refractivity contribution in [1.82, 2.24) is 0 Å².